The first kappa shape index (κ1) is 18.5. The molecular weight excluding hydrogens is 396 g/mol. The van der Waals surface area contributed by atoms with Crippen LogP contribution in [0.25, 0.3) is 22.7 Å². The van der Waals surface area contributed by atoms with Gasteiger partial charge in [0.2, 0.25) is 0 Å². The highest BCUT2D eigenvalue weighted by Crippen LogP contribution is 2.25. The lowest BCUT2D eigenvalue weighted by Crippen LogP contribution is -2.51. The molecule has 0 atom stereocenters. The third kappa shape index (κ3) is 3.48. The summed E-state index contributed by atoms with van der Waals surface area (Å²) in [5, 5.41) is 13.5. The fraction of sp³-hybridized carbons (Fsp3) is 0.0455. The molecule has 2 aromatic carbocycles. The summed E-state index contributed by atoms with van der Waals surface area (Å²) in [7, 11) is 0. The van der Waals surface area contributed by atoms with Gasteiger partial charge in [-0.1, -0.05) is 41.6 Å². The van der Waals surface area contributed by atoms with Gasteiger partial charge in [-0.2, -0.15) is 0 Å². The molecule has 9 nitrogen and oxygen atoms in total. The molecule has 1 aliphatic heterocycles. The molecule has 2 aromatic heterocycles. The van der Waals surface area contributed by atoms with E-state index in [1.54, 1.807) is 4.68 Å². The van der Waals surface area contributed by atoms with Crippen LogP contribution in [0.3, 0.4) is 0 Å². The van der Waals surface area contributed by atoms with Gasteiger partial charge in [-0.3, -0.25) is 20.2 Å². The van der Waals surface area contributed by atoms with Gasteiger partial charge in [0.25, 0.3) is 11.8 Å². The van der Waals surface area contributed by atoms with Crippen molar-refractivity contribution < 1.29 is 14.4 Å². The summed E-state index contributed by atoms with van der Waals surface area (Å²) >= 11 is 0. The van der Waals surface area contributed by atoms with Crippen molar-refractivity contribution in [2.45, 2.75) is 6.54 Å². The molecule has 1 saturated heterocycles. The maximum absolute atomic E-state index is 12.1. The van der Waals surface area contributed by atoms with Gasteiger partial charge in [-0.05, 0) is 24.3 Å². The minimum Gasteiger partial charge on any atom is -0.341 e. The Bertz CT molecular complexity index is 1340. The van der Waals surface area contributed by atoms with E-state index in [1.807, 2.05) is 71.6 Å². The molecule has 1 fully saturated rings. The highest BCUT2D eigenvalue weighted by atomic mass is 16.2. The van der Waals surface area contributed by atoms with Crippen molar-refractivity contribution in [2.75, 3.05) is 0 Å². The van der Waals surface area contributed by atoms with E-state index < -0.39 is 17.8 Å². The number of hydrogen-bond acceptors (Lipinski definition) is 5. The Labute approximate surface area is 176 Å². The number of imide groups is 2. The Morgan fingerprint density at radius 3 is 2.35 bits per heavy atom. The zero-order valence-corrected chi connectivity index (χ0v) is 16.1. The Balaban J connectivity index is 1.51. The number of barbiturate groups is 1. The van der Waals surface area contributed by atoms with Gasteiger partial charge in [0, 0.05) is 22.7 Å². The summed E-state index contributed by atoms with van der Waals surface area (Å²) in [5.41, 5.74) is 3.13. The van der Waals surface area contributed by atoms with Crippen molar-refractivity contribution in [3.05, 3.63) is 83.8 Å². The minimum absolute atomic E-state index is 0.127. The molecule has 31 heavy (non-hydrogen) atoms. The van der Waals surface area contributed by atoms with Crippen LogP contribution in [0.5, 0.6) is 0 Å². The lowest BCUT2D eigenvalue weighted by Gasteiger charge is -2.13. The molecule has 2 N–H and O–H groups in total. The van der Waals surface area contributed by atoms with Gasteiger partial charge >= 0.3 is 6.03 Å². The van der Waals surface area contributed by atoms with Gasteiger partial charge in [0.1, 0.15) is 11.3 Å². The maximum atomic E-state index is 12.1. The van der Waals surface area contributed by atoms with Gasteiger partial charge in [0.15, 0.2) is 0 Å². The van der Waals surface area contributed by atoms with E-state index >= 15 is 0 Å². The molecule has 5 rings (SSSR count). The van der Waals surface area contributed by atoms with Crippen molar-refractivity contribution in [3.8, 4) is 5.69 Å². The van der Waals surface area contributed by atoms with Crippen molar-refractivity contribution in [1.82, 2.24) is 30.2 Å². The number of carbonyl (C=O) groups excluding carboxylic acids is 3. The standard InChI is InChI=1S/C22H16N6O3/c29-20-18(21(30)24-22(31)23-20)10-14-11-27(19-9-5-4-8-17(14)19)12-15-13-28(26-25-15)16-6-2-1-3-7-16/h1-11,13H,12H2,(H2,23,24,29,30,31). The Kier molecular flexibility index (Phi) is 4.40. The number of benzene rings is 2. The van der Waals surface area contributed by atoms with Crippen LogP contribution in [-0.4, -0.2) is 37.4 Å². The quantitative estimate of drug-likeness (QED) is 0.394. The van der Waals surface area contributed by atoms with Crippen LogP contribution in [0.2, 0.25) is 0 Å². The molecule has 3 heterocycles. The summed E-state index contributed by atoms with van der Waals surface area (Å²) in [6.45, 7) is 0.452. The number of urea groups is 1. The molecule has 152 valence electrons. The minimum atomic E-state index is -0.823. The third-order valence-corrected chi connectivity index (χ3v) is 4.96. The third-order valence-electron chi connectivity index (χ3n) is 4.96. The van der Waals surface area contributed by atoms with Gasteiger partial charge < -0.3 is 4.57 Å². The fourth-order valence-electron chi connectivity index (χ4n) is 3.54. The maximum Gasteiger partial charge on any atom is 0.328 e. The molecule has 0 radical (unpaired) electrons. The van der Waals surface area contributed by atoms with Crippen molar-refractivity contribution in [1.29, 1.82) is 0 Å². The molecular formula is C22H16N6O3. The van der Waals surface area contributed by atoms with E-state index in [1.165, 1.54) is 6.08 Å². The van der Waals surface area contributed by atoms with Crippen molar-refractivity contribution in [3.63, 3.8) is 0 Å². The van der Waals surface area contributed by atoms with E-state index in [0.717, 1.165) is 22.3 Å². The van der Waals surface area contributed by atoms with Crippen LogP contribution in [0.1, 0.15) is 11.3 Å². The number of aromatic nitrogens is 4. The SMILES string of the molecule is O=C1NC(=O)C(=Cc2cn(Cc3cn(-c4ccccc4)nn3)c3ccccc23)C(=O)N1. The zero-order chi connectivity index (χ0) is 21.4. The number of amides is 4. The topological polar surface area (TPSA) is 111 Å². The number of fused-ring (bicyclic) bond motifs is 1. The Hall–Kier alpha value is -4.53. The lowest BCUT2D eigenvalue weighted by atomic mass is 10.1. The summed E-state index contributed by atoms with van der Waals surface area (Å²) in [6, 6.07) is 16.5. The van der Waals surface area contributed by atoms with Crippen molar-refractivity contribution in [2.24, 2.45) is 0 Å². The average Bonchev–Trinajstić information content (AvgIpc) is 3.37. The van der Waals surface area contributed by atoms with Crippen LogP contribution in [-0.2, 0) is 16.1 Å². The van der Waals surface area contributed by atoms with Crippen LogP contribution in [0, 0.1) is 0 Å². The highest BCUT2D eigenvalue weighted by Gasteiger charge is 2.28. The summed E-state index contributed by atoms with van der Waals surface area (Å²) in [6.07, 6.45) is 5.18. The first-order valence-electron chi connectivity index (χ1n) is 9.51. The Morgan fingerprint density at radius 1 is 0.871 bits per heavy atom. The van der Waals surface area contributed by atoms with Crippen LogP contribution < -0.4 is 10.6 Å². The number of para-hydroxylation sites is 2. The second-order valence-corrected chi connectivity index (χ2v) is 7.01. The molecule has 4 aromatic rings. The first-order valence-corrected chi connectivity index (χ1v) is 9.51. The van der Waals surface area contributed by atoms with E-state index in [2.05, 4.69) is 20.9 Å². The second kappa shape index (κ2) is 7.38. The molecule has 0 bridgehead atoms. The average molecular weight is 412 g/mol. The van der Waals surface area contributed by atoms with E-state index in [4.69, 9.17) is 0 Å². The number of carbonyl (C=O) groups is 3. The summed E-state index contributed by atoms with van der Waals surface area (Å²) in [4.78, 5) is 35.5. The predicted octanol–water partition coefficient (Wildman–Crippen LogP) is 2.02. The van der Waals surface area contributed by atoms with Crippen LogP contribution in [0.4, 0.5) is 4.79 Å². The molecule has 4 amide bonds. The predicted molar refractivity (Wildman–Crippen MR) is 112 cm³/mol. The van der Waals surface area contributed by atoms with E-state index in [9.17, 15) is 14.4 Å². The highest BCUT2D eigenvalue weighted by molar-refractivity contribution is 6.31. The van der Waals surface area contributed by atoms with Gasteiger partial charge in [0.05, 0.1) is 18.4 Å². The van der Waals surface area contributed by atoms with Crippen LogP contribution >= 0.6 is 0 Å². The molecule has 1 aliphatic rings. The Morgan fingerprint density at radius 2 is 1.58 bits per heavy atom. The van der Waals surface area contributed by atoms with E-state index in [0.29, 0.717) is 12.1 Å². The summed E-state index contributed by atoms with van der Waals surface area (Å²) < 4.78 is 3.68. The zero-order valence-electron chi connectivity index (χ0n) is 16.1. The lowest BCUT2D eigenvalue weighted by molar-refractivity contribution is -0.123. The van der Waals surface area contributed by atoms with Crippen LogP contribution in [0.15, 0.2) is 72.6 Å². The monoisotopic (exact) mass is 412 g/mol. The number of hydrogen-bond donors (Lipinski definition) is 2. The van der Waals surface area contributed by atoms with E-state index in [-0.39, 0.29) is 5.57 Å². The van der Waals surface area contributed by atoms with Gasteiger partial charge in [-0.15, -0.1) is 5.10 Å². The normalized spacial score (nSPS) is 13.9. The number of rotatable bonds is 4. The number of nitrogens with zero attached hydrogens (tertiary/aromatic N) is 4. The fourth-order valence-corrected chi connectivity index (χ4v) is 3.54. The van der Waals surface area contributed by atoms with Gasteiger partial charge in [-0.25, -0.2) is 9.48 Å². The summed E-state index contributed by atoms with van der Waals surface area (Å²) in [5.74, 6) is -1.45. The number of nitrogens with one attached hydrogen (secondary N) is 2. The molecule has 0 unspecified atom stereocenters. The molecule has 0 spiro atoms. The first-order chi connectivity index (χ1) is 15.1. The van der Waals surface area contributed by atoms with Crippen molar-refractivity contribution >= 4 is 34.8 Å². The second-order valence-electron chi connectivity index (χ2n) is 7.01. The smallest absolute Gasteiger partial charge is 0.328 e. The molecule has 0 aliphatic carbocycles. The molecule has 9 heteroatoms. The largest absolute Gasteiger partial charge is 0.341 e. The molecule has 0 saturated carbocycles.